The summed E-state index contributed by atoms with van der Waals surface area (Å²) in [7, 11) is 1.66. The van der Waals surface area contributed by atoms with E-state index < -0.39 is 0 Å². The first kappa shape index (κ1) is 11.6. The summed E-state index contributed by atoms with van der Waals surface area (Å²) >= 11 is 0. The third-order valence-corrected chi connectivity index (χ3v) is 3.30. The van der Waals surface area contributed by atoms with Crippen LogP contribution in [0.1, 0.15) is 5.56 Å². The third kappa shape index (κ3) is 1.81. The average molecular weight is 253 g/mol. The summed E-state index contributed by atoms with van der Waals surface area (Å²) in [6.45, 7) is 2.04. The fourth-order valence-electron chi connectivity index (χ4n) is 2.34. The van der Waals surface area contributed by atoms with Gasteiger partial charge >= 0.3 is 0 Å². The molecule has 0 aliphatic carbocycles. The van der Waals surface area contributed by atoms with Crippen molar-refractivity contribution in [1.29, 1.82) is 0 Å². The fourth-order valence-corrected chi connectivity index (χ4v) is 2.34. The molecule has 2 aromatic heterocycles. The predicted octanol–water partition coefficient (Wildman–Crippen LogP) is 3.13. The second-order valence-electron chi connectivity index (χ2n) is 4.51. The molecule has 2 heterocycles. The highest BCUT2D eigenvalue weighted by Crippen LogP contribution is 2.34. The lowest BCUT2D eigenvalue weighted by Gasteiger charge is -2.09. The number of aromatic nitrogens is 2. The molecule has 4 heteroatoms. The molecule has 0 spiro atoms. The summed E-state index contributed by atoms with van der Waals surface area (Å²) in [6, 6.07) is 7.97. The Morgan fingerprint density at radius 3 is 2.63 bits per heavy atom. The molecule has 3 aromatic rings. The minimum atomic E-state index is 0.719. The Morgan fingerprint density at radius 1 is 1.21 bits per heavy atom. The lowest BCUT2D eigenvalue weighted by molar-refractivity contribution is 0.415. The molecule has 0 saturated carbocycles. The number of benzene rings is 1. The first-order valence-electron chi connectivity index (χ1n) is 6.07. The van der Waals surface area contributed by atoms with Gasteiger partial charge in [0.05, 0.1) is 12.8 Å². The molecule has 0 saturated heterocycles. The van der Waals surface area contributed by atoms with Gasteiger partial charge in [-0.25, -0.2) is 4.98 Å². The smallest absolute Gasteiger partial charge is 0.140 e. The van der Waals surface area contributed by atoms with Crippen LogP contribution in [0.15, 0.2) is 36.7 Å². The van der Waals surface area contributed by atoms with Gasteiger partial charge in [0.15, 0.2) is 0 Å². The summed E-state index contributed by atoms with van der Waals surface area (Å²) in [6.07, 6.45) is 3.64. The monoisotopic (exact) mass is 253 g/mol. The summed E-state index contributed by atoms with van der Waals surface area (Å²) < 4.78 is 5.19. The Balaban J connectivity index is 2.27. The molecule has 1 aromatic carbocycles. The molecule has 0 bridgehead atoms. The molecule has 19 heavy (non-hydrogen) atoms. The standard InChI is InChI=1S/C15H15N3O/c1-9-7-17-15-14(12(16)8-18-15)13(9)10-3-5-11(19-2)6-4-10/h3-8H,16H2,1-2H3,(H,17,18). The molecule has 0 amide bonds. The normalized spacial score (nSPS) is 10.8. The van der Waals surface area contributed by atoms with Crippen molar-refractivity contribution in [2.24, 2.45) is 0 Å². The highest BCUT2D eigenvalue weighted by Gasteiger charge is 2.12. The molecule has 0 aliphatic rings. The van der Waals surface area contributed by atoms with E-state index in [9.17, 15) is 0 Å². The number of H-pyrrole nitrogens is 1. The Kier molecular flexibility index (Phi) is 2.63. The van der Waals surface area contributed by atoms with Gasteiger partial charge in [-0.3, -0.25) is 0 Å². The second-order valence-corrected chi connectivity index (χ2v) is 4.51. The van der Waals surface area contributed by atoms with E-state index in [1.807, 2.05) is 37.4 Å². The number of rotatable bonds is 2. The number of anilines is 1. The van der Waals surface area contributed by atoms with Crippen molar-refractivity contribution in [3.63, 3.8) is 0 Å². The van der Waals surface area contributed by atoms with Crippen LogP contribution in [-0.4, -0.2) is 17.1 Å². The molecular formula is C15H15N3O. The lowest BCUT2D eigenvalue weighted by atomic mass is 9.98. The highest BCUT2D eigenvalue weighted by atomic mass is 16.5. The number of nitrogen functional groups attached to an aromatic ring is 1. The number of nitrogens with zero attached hydrogens (tertiary/aromatic N) is 1. The SMILES string of the molecule is COc1ccc(-c2c(C)cnc3[nH]cc(N)c23)cc1. The van der Waals surface area contributed by atoms with Crippen LogP contribution in [0.3, 0.4) is 0 Å². The molecular weight excluding hydrogens is 238 g/mol. The Bertz CT molecular complexity index is 729. The number of aromatic amines is 1. The zero-order valence-electron chi connectivity index (χ0n) is 10.9. The zero-order chi connectivity index (χ0) is 13.4. The van der Waals surface area contributed by atoms with Gasteiger partial charge in [-0.2, -0.15) is 0 Å². The third-order valence-electron chi connectivity index (χ3n) is 3.30. The van der Waals surface area contributed by atoms with Gasteiger partial charge < -0.3 is 15.5 Å². The average Bonchev–Trinajstić information content (AvgIpc) is 2.81. The lowest BCUT2D eigenvalue weighted by Crippen LogP contribution is -1.91. The first-order valence-corrected chi connectivity index (χ1v) is 6.07. The molecule has 0 unspecified atom stereocenters. The predicted molar refractivity (Wildman–Crippen MR) is 77.2 cm³/mol. The van der Waals surface area contributed by atoms with Crippen LogP contribution < -0.4 is 10.5 Å². The van der Waals surface area contributed by atoms with Gasteiger partial charge in [0.25, 0.3) is 0 Å². The molecule has 96 valence electrons. The van der Waals surface area contributed by atoms with E-state index in [2.05, 4.69) is 9.97 Å². The van der Waals surface area contributed by atoms with Crippen molar-refractivity contribution in [3.8, 4) is 16.9 Å². The number of hydrogen-bond donors (Lipinski definition) is 2. The van der Waals surface area contributed by atoms with Crippen LogP contribution in [0.25, 0.3) is 22.2 Å². The maximum Gasteiger partial charge on any atom is 0.140 e. The number of fused-ring (bicyclic) bond motifs is 1. The summed E-state index contributed by atoms with van der Waals surface area (Å²) in [4.78, 5) is 7.45. The van der Waals surface area contributed by atoms with Crippen molar-refractivity contribution in [2.75, 3.05) is 12.8 Å². The Morgan fingerprint density at radius 2 is 1.95 bits per heavy atom. The second kappa shape index (κ2) is 4.31. The number of nitrogens with one attached hydrogen (secondary N) is 1. The van der Waals surface area contributed by atoms with Crippen molar-refractivity contribution in [1.82, 2.24) is 9.97 Å². The van der Waals surface area contributed by atoms with E-state index >= 15 is 0 Å². The van der Waals surface area contributed by atoms with Gasteiger partial charge in [-0.05, 0) is 35.7 Å². The molecule has 3 N–H and O–H groups in total. The van der Waals surface area contributed by atoms with Crippen molar-refractivity contribution < 1.29 is 4.74 Å². The molecule has 0 aliphatic heterocycles. The number of pyridine rings is 1. The largest absolute Gasteiger partial charge is 0.497 e. The quantitative estimate of drug-likeness (QED) is 0.737. The van der Waals surface area contributed by atoms with Crippen LogP contribution in [0, 0.1) is 6.92 Å². The first-order chi connectivity index (χ1) is 9.20. The summed E-state index contributed by atoms with van der Waals surface area (Å²) in [5, 5.41) is 0.977. The van der Waals surface area contributed by atoms with Gasteiger partial charge in [0, 0.05) is 17.8 Å². The molecule has 0 radical (unpaired) electrons. The minimum absolute atomic E-state index is 0.719. The van der Waals surface area contributed by atoms with Crippen LogP contribution in [-0.2, 0) is 0 Å². The van der Waals surface area contributed by atoms with Crippen LogP contribution in [0.5, 0.6) is 5.75 Å². The topological polar surface area (TPSA) is 63.9 Å². The molecule has 4 nitrogen and oxygen atoms in total. The van der Waals surface area contributed by atoms with Crippen LogP contribution in [0.4, 0.5) is 5.69 Å². The number of nitrogens with two attached hydrogens (primary N) is 1. The van der Waals surface area contributed by atoms with E-state index in [1.165, 1.54) is 0 Å². The van der Waals surface area contributed by atoms with Gasteiger partial charge in [-0.15, -0.1) is 0 Å². The van der Waals surface area contributed by atoms with Crippen LogP contribution >= 0.6 is 0 Å². The summed E-state index contributed by atoms with van der Waals surface area (Å²) in [5.74, 6) is 0.841. The highest BCUT2D eigenvalue weighted by molar-refractivity contribution is 6.02. The van der Waals surface area contributed by atoms with Crippen molar-refractivity contribution in [3.05, 3.63) is 42.2 Å². The maximum atomic E-state index is 6.04. The van der Waals surface area contributed by atoms with Gasteiger partial charge in [0.1, 0.15) is 11.4 Å². The number of ether oxygens (including phenoxy) is 1. The van der Waals surface area contributed by atoms with E-state index in [0.29, 0.717) is 0 Å². The van der Waals surface area contributed by atoms with Crippen LogP contribution in [0.2, 0.25) is 0 Å². The Labute approximate surface area is 111 Å². The maximum absolute atomic E-state index is 6.04. The number of aryl methyl sites for hydroxylation is 1. The zero-order valence-corrected chi connectivity index (χ0v) is 10.9. The van der Waals surface area contributed by atoms with E-state index in [-0.39, 0.29) is 0 Å². The Hall–Kier alpha value is -2.49. The minimum Gasteiger partial charge on any atom is -0.497 e. The molecule has 0 fully saturated rings. The molecule has 3 rings (SSSR count). The summed E-state index contributed by atoms with van der Waals surface area (Å²) in [5.41, 5.74) is 10.9. The van der Waals surface area contributed by atoms with Crippen molar-refractivity contribution in [2.45, 2.75) is 6.92 Å². The fraction of sp³-hybridized carbons (Fsp3) is 0.133. The number of methoxy groups -OCH3 is 1. The number of hydrogen-bond acceptors (Lipinski definition) is 3. The van der Waals surface area contributed by atoms with Gasteiger partial charge in [0.2, 0.25) is 0 Å². The van der Waals surface area contributed by atoms with E-state index in [0.717, 1.165) is 39.2 Å². The van der Waals surface area contributed by atoms with E-state index in [1.54, 1.807) is 13.3 Å². The molecule has 0 atom stereocenters. The van der Waals surface area contributed by atoms with Gasteiger partial charge in [-0.1, -0.05) is 12.1 Å². The van der Waals surface area contributed by atoms with E-state index in [4.69, 9.17) is 10.5 Å². The van der Waals surface area contributed by atoms with Crippen molar-refractivity contribution >= 4 is 16.7 Å².